The molecule has 0 aliphatic rings. The van der Waals surface area contributed by atoms with Crippen LogP contribution in [0, 0.1) is 0 Å². The molecule has 0 bridgehead atoms. The van der Waals surface area contributed by atoms with E-state index in [9.17, 15) is 13.2 Å². The minimum atomic E-state index is -3.54. The summed E-state index contributed by atoms with van der Waals surface area (Å²) < 4.78 is 32.6. The number of ether oxygens (including phenoxy) is 1. The second-order valence-electron chi connectivity index (χ2n) is 6.28. The number of hydrogen-bond acceptors (Lipinski definition) is 6. The zero-order valence-electron chi connectivity index (χ0n) is 16.4. The zero-order chi connectivity index (χ0) is 21.0. The number of thiazole rings is 1. The fourth-order valence-electron chi connectivity index (χ4n) is 2.91. The summed E-state index contributed by atoms with van der Waals surface area (Å²) in [5, 5.41) is 0. The van der Waals surface area contributed by atoms with Crippen LogP contribution in [0.1, 0.15) is 17.3 Å². The predicted molar refractivity (Wildman–Crippen MR) is 119 cm³/mol. The number of amides is 1. The third-order valence-electron chi connectivity index (χ3n) is 4.20. The number of carbonyl (C=O) groups is 1. The van der Waals surface area contributed by atoms with Gasteiger partial charge in [0.15, 0.2) is 14.6 Å². The Morgan fingerprint density at radius 2 is 2.00 bits per heavy atom. The van der Waals surface area contributed by atoms with Crippen LogP contribution in [0.25, 0.3) is 10.2 Å². The van der Waals surface area contributed by atoms with E-state index in [0.29, 0.717) is 18.0 Å². The van der Waals surface area contributed by atoms with Crippen LogP contribution in [0.2, 0.25) is 0 Å². The SMILES string of the molecule is CCOc1ccc2c(c1)sc(=NC(=O)c1ccccc1S(C)(=O)=O)n2CCSC. The molecule has 0 radical (unpaired) electrons. The topological polar surface area (TPSA) is 77.7 Å². The van der Waals surface area contributed by atoms with Crippen molar-refractivity contribution in [1.29, 1.82) is 0 Å². The molecule has 0 unspecified atom stereocenters. The number of thioether (sulfide) groups is 1. The van der Waals surface area contributed by atoms with Crippen LogP contribution in [0.3, 0.4) is 0 Å². The van der Waals surface area contributed by atoms with Gasteiger partial charge in [0.2, 0.25) is 0 Å². The molecule has 0 N–H and O–H groups in total. The number of rotatable bonds is 7. The Balaban J connectivity index is 2.15. The minimum Gasteiger partial charge on any atom is -0.494 e. The lowest BCUT2D eigenvalue weighted by atomic mass is 10.2. The number of benzene rings is 2. The van der Waals surface area contributed by atoms with Gasteiger partial charge < -0.3 is 9.30 Å². The summed E-state index contributed by atoms with van der Waals surface area (Å²) in [6.07, 6.45) is 3.11. The van der Waals surface area contributed by atoms with Crippen molar-refractivity contribution in [2.75, 3.05) is 24.9 Å². The van der Waals surface area contributed by atoms with Gasteiger partial charge in [-0.05, 0) is 43.5 Å². The number of fused-ring (bicyclic) bond motifs is 1. The van der Waals surface area contributed by atoms with E-state index in [4.69, 9.17) is 4.74 Å². The molecule has 29 heavy (non-hydrogen) atoms. The van der Waals surface area contributed by atoms with Crippen molar-refractivity contribution in [3.05, 3.63) is 52.8 Å². The summed E-state index contributed by atoms with van der Waals surface area (Å²) >= 11 is 3.09. The first kappa shape index (κ1) is 21.6. The van der Waals surface area contributed by atoms with Crippen molar-refractivity contribution in [3.8, 4) is 5.75 Å². The molecule has 0 saturated heterocycles. The molecule has 1 heterocycles. The molecule has 0 atom stereocenters. The normalized spacial score (nSPS) is 12.4. The van der Waals surface area contributed by atoms with Gasteiger partial charge in [-0.3, -0.25) is 4.79 Å². The average molecular weight is 451 g/mol. The smallest absolute Gasteiger partial charge is 0.280 e. The van der Waals surface area contributed by atoms with Gasteiger partial charge >= 0.3 is 0 Å². The van der Waals surface area contributed by atoms with Crippen LogP contribution < -0.4 is 9.54 Å². The summed E-state index contributed by atoms with van der Waals surface area (Å²) in [7, 11) is -3.54. The summed E-state index contributed by atoms with van der Waals surface area (Å²) in [6.45, 7) is 3.19. The van der Waals surface area contributed by atoms with Gasteiger partial charge in [0.25, 0.3) is 5.91 Å². The molecule has 0 fully saturated rings. The number of carbonyl (C=O) groups excluding carboxylic acids is 1. The van der Waals surface area contributed by atoms with Crippen LogP contribution in [-0.2, 0) is 16.4 Å². The molecule has 0 aliphatic heterocycles. The Labute approximate surface area is 178 Å². The molecule has 0 aliphatic carbocycles. The van der Waals surface area contributed by atoms with Crippen LogP contribution >= 0.6 is 23.1 Å². The van der Waals surface area contributed by atoms with Crippen molar-refractivity contribution >= 4 is 49.1 Å². The number of hydrogen-bond donors (Lipinski definition) is 0. The fraction of sp³-hybridized carbons (Fsp3) is 0.300. The Hall–Kier alpha value is -2.10. The summed E-state index contributed by atoms with van der Waals surface area (Å²) in [5.41, 5.74) is 1.05. The molecular formula is C20H22N2O4S3. The summed E-state index contributed by atoms with van der Waals surface area (Å²) in [4.78, 5) is 17.7. The maximum atomic E-state index is 12.9. The Morgan fingerprint density at radius 1 is 1.24 bits per heavy atom. The number of aromatic nitrogens is 1. The molecule has 0 saturated carbocycles. The highest BCUT2D eigenvalue weighted by Gasteiger charge is 2.18. The fourth-order valence-corrected chi connectivity index (χ4v) is 5.24. The molecule has 3 rings (SSSR count). The van der Waals surface area contributed by atoms with Gasteiger partial charge in [-0.2, -0.15) is 16.8 Å². The summed E-state index contributed by atoms with van der Waals surface area (Å²) in [6, 6.07) is 12.0. The Morgan fingerprint density at radius 3 is 2.69 bits per heavy atom. The van der Waals surface area contributed by atoms with Crippen LogP contribution in [0.5, 0.6) is 5.75 Å². The highest BCUT2D eigenvalue weighted by molar-refractivity contribution is 7.98. The quantitative estimate of drug-likeness (QED) is 0.550. The lowest BCUT2D eigenvalue weighted by Crippen LogP contribution is -2.19. The van der Waals surface area contributed by atoms with Crippen molar-refractivity contribution < 1.29 is 17.9 Å². The zero-order valence-corrected chi connectivity index (χ0v) is 18.9. The third-order valence-corrected chi connectivity index (χ3v) is 6.99. The number of aryl methyl sites for hydroxylation is 1. The van der Waals surface area contributed by atoms with Gasteiger partial charge in [0, 0.05) is 18.6 Å². The molecule has 1 aromatic heterocycles. The molecule has 0 spiro atoms. The maximum Gasteiger partial charge on any atom is 0.280 e. The minimum absolute atomic E-state index is 0.0100. The van der Waals surface area contributed by atoms with E-state index in [-0.39, 0.29) is 10.5 Å². The second kappa shape index (κ2) is 9.15. The van der Waals surface area contributed by atoms with Gasteiger partial charge in [0.1, 0.15) is 5.75 Å². The van der Waals surface area contributed by atoms with Gasteiger partial charge in [-0.15, -0.1) is 0 Å². The third kappa shape index (κ3) is 4.91. The van der Waals surface area contributed by atoms with E-state index in [1.807, 2.05) is 35.9 Å². The van der Waals surface area contributed by atoms with Crippen LogP contribution in [-0.4, -0.2) is 43.8 Å². The molecule has 2 aromatic carbocycles. The average Bonchev–Trinajstić information content (AvgIpc) is 3.02. The van der Waals surface area contributed by atoms with Crippen LogP contribution in [0.4, 0.5) is 0 Å². The van der Waals surface area contributed by atoms with E-state index in [2.05, 4.69) is 4.99 Å². The van der Waals surface area contributed by atoms with E-state index in [1.54, 1.807) is 23.9 Å². The molecule has 6 nitrogen and oxygen atoms in total. The van der Waals surface area contributed by atoms with Crippen molar-refractivity contribution in [3.63, 3.8) is 0 Å². The van der Waals surface area contributed by atoms with E-state index in [1.165, 1.54) is 23.5 Å². The Kier molecular flexibility index (Phi) is 6.81. The number of sulfone groups is 1. The largest absolute Gasteiger partial charge is 0.494 e. The predicted octanol–water partition coefficient (Wildman–Crippen LogP) is 3.61. The molecule has 3 aromatic rings. The first-order valence-corrected chi connectivity index (χ1v) is 13.1. The first-order valence-electron chi connectivity index (χ1n) is 8.98. The molecule has 1 amide bonds. The van der Waals surface area contributed by atoms with Crippen molar-refractivity contribution in [1.82, 2.24) is 4.57 Å². The summed E-state index contributed by atoms with van der Waals surface area (Å²) in [5.74, 6) is 1.06. The Bertz CT molecular complexity index is 1210. The molecular weight excluding hydrogens is 428 g/mol. The van der Waals surface area contributed by atoms with E-state index < -0.39 is 15.7 Å². The van der Waals surface area contributed by atoms with Crippen molar-refractivity contribution in [2.24, 2.45) is 4.99 Å². The lowest BCUT2D eigenvalue weighted by molar-refractivity contribution is 0.0994. The standard InChI is InChI=1S/C20H22N2O4S3/c1-4-26-14-9-10-16-17(13-14)28-20(22(16)11-12-27-2)21-19(23)15-7-5-6-8-18(15)29(3,24)25/h5-10,13H,4,11-12H2,1-3H3. The van der Waals surface area contributed by atoms with E-state index in [0.717, 1.165) is 28.0 Å². The second-order valence-corrected chi connectivity index (χ2v) is 10.3. The van der Waals surface area contributed by atoms with Gasteiger partial charge in [0.05, 0.1) is 27.3 Å². The first-order chi connectivity index (χ1) is 13.8. The van der Waals surface area contributed by atoms with Crippen LogP contribution in [0.15, 0.2) is 52.4 Å². The molecule has 9 heteroatoms. The van der Waals surface area contributed by atoms with Gasteiger partial charge in [-0.25, -0.2) is 8.42 Å². The highest BCUT2D eigenvalue weighted by Crippen LogP contribution is 2.24. The molecule has 154 valence electrons. The maximum absolute atomic E-state index is 12.9. The van der Waals surface area contributed by atoms with Gasteiger partial charge in [-0.1, -0.05) is 23.5 Å². The highest BCUT2D eigenvalue weighted by atomic mass is 32.2. The van der Waals surface area contributed by atoms with E-state index >= 15 is 0 Å². The van der Waals surface area contributed by atoms with Crippen molar-refractivity contribution in [2.45, 2.75) is 18.4 Å². The number of nitrogens with zero attached hydrogens (tertiary/aromatic N) is 2. The monoisotopic (exact) mass is 450 g/mol. The lowest BCUT2D eigenvalue weighted by Gasteiger charge is -2.06.